The second kappa shape index (κ2) is 5.32. The molecule has 1 heterocycles. The monoisotopic (exact) mass is 321 g/mol. The summed E-state index contributed by atoms with van der Waals surface area (Å²) in [6.45, 7) is 1.61. The molecule has 1 unspecified atom stereocenters. The molecule has 0 aromatic heterocycles. The third-order valence-corrected chi connectivity index (χ3v) is 6.52. The molecule has 0 saturated carbocycles. The van der Waals surface area contributed by atoms with Gasteiger partial charge >= 0.3 is 5.97 Å². The minimum atomic E-state index is -3.84. The maximum atomic E-state index is 12.5. The summed E-state index contributed by atoms with van der Waals surface area (Å²) in [5.74, 6) is -0.729. The molecular formula is C11H12ClNO4S2. The largest absolute Gasteiger partial charge is 0.480 e. The average molecular weight is 322 g/mol. The lowest BCUT2D eigenvalue weighted by atomic mass is 10.2. The fourth-order valence-corrected chi connectivity index (χ4v) is 5.47. The summed E-state index contributed by atoms with van der Waals surface area (Å²) >= 11 is 7.20. The lowest BCUT2D eigenvalue weighted by molar-refractivity contribution is -0.140. The summed E-state index contributed by atoms with van der Waals surface area (Å²) in [7, 11) is -3.84. The topological polar surface area (TPSA) is 74.7 Å². The zero-order valence-electron chi connectivity index (χ0n) is 10.0. The van der Waals surface area contributed by atoms with E-state index < -0.39 is 22.0 Å². The zero-order chi connectivity index (χ0) is 14.2. The van der Waals surface area contributed by atoms with Gasteiger partial charge in [0.2, 0.25) is 10.0 Å². The van der Waals surface area contributed by atoms with Crippen molar-refractivity contribution in [3.8, 4) is 0 Å². The number of hydrogen-bond acceptors (Lipinski definition) is 4. The number of carboxylic acids is 1. The average Bonchev–Trinajstić information content (AvgIpc) is 2.82. The number of carbonyl (C=O) groups is 1. The van der Waals surface area contributed by atoms with Crippen LogP contribution in [0.2, 0.25) is 5.02 Å². The Hall–Kier alpha value is -0.760. The van der Waals surface area contributed by atoms with E-state index >= 15 is 0 Å². The Labute approximate surface area is 120 Å². The van der Waals surface area contributed by atoms with Crippen molar-refractivity contribution in [2.45, 2.75) is 17.9 Å². The van der Waals surface area contributed by atoms with Gasteiger partial charge in [0.15, 0.2) is 0 Å². The van der Waals surface area contributed by atoms with Crippen LogP contribution in [0.25, 0.3) is 0 Å². The van der Waals surface area contributed by atoms with E-state index in [0.717, 1.165) is 4.31 Å². The van der Waals surface area contributed by atoms with Gasteiger partial charge in [-0.2, -0.15) is 4.31 Å². The van der Waals surface area contributed by atoms with Crippen LogP contribution >= 0.6 is 23.4 Å². The van der Waals surface area contributed by atoms with Crippen molar-refractivity contribution in [2.24, 2.45) is 0 Å². The van der Waals surface area contributed by atoms with Gasteiger partial charge in [0.25, 0.3) is 0 Å². The first-order valence-corrected chi connectivity index (χ1v) is 8.40. The van der Waals surface area contributed by atoms with Gasteiger partial charge in [0.1, 0.15) is 6.04 Å². The number of rotatable bonds is 3. The van der Waals surface area contributed by atoms with Crippen molar-refractivity contribution in [2.75, 3.05) is 11.6 Å². The lowest BCUT2D eigenvalue weighted by Crippen LogP contribution is -2.41. The number of hydrogen-bond donors (Lipinski definition) is 1. The maximum absolute atomic E-state index is 12.5. The molecule has 1 aliphatic heterocycles. The normalized spacial score (nSPS) is 20.6. The fraction of sp³-hybridized carbons (Fsp3) is 0.364. The van der Waals surface area contributed by atoms with Gasteiger partial charge in [0.05, 0.1) is 10.8 Å². The molecule has 0 spiro atoms. The molecule has 1 saturated heterocycles. The third kappa shape index (κ3) is 2.60. The highest BCUT2D eigenvalue weighted by Crippen LogP contribution is 2.31. The van der Waals surface area contributed by atoms with Crippen LogP contribution in [0, 0.1) is 6.92 Å². The standard InChI is InChI=1S/C11H12ClNO4S2/c1-7-8(12)3-2-4-10(7)19(16,17)13-6-18-5-9(13)11(14)15/h2-4,9H,5-6H2,1H3,(H,14,15). The van der Waals surface area contributed by atoms with Gasteiger partial charge in [-0.3, -0.25) is 4.79 Å². The van der Waals surface area contributed by atoms with E-state index in [9.17, 15) is 13.2 Å². The van der Waals surface area contributed by atoms with E-state index in [4.69, 9.17) is 16.7 Å². The summed E-state index contributed by atoms with van der Waals surface area (Å²) in [5.41, 5.74) is 0.435. The first kappa shape index (κ1) is 14.6. The van der Waals surface area contributed by atoms with Gasteiger partial charge in [-0.1, -0.05) is 17.7 Å². The van der Waals surface area contributed by atoms with Crippen LogP contribution in [-0.2, 0) is 14.8 Å². The molecule has 2 rings (SSSR count). The smallest absolute Gasteiger partial charge is 0.322 e. The molecule has 0 radical (unpaired) electrons. The van der Waals surface area contributed by atoms with E-state index in [0.29, 0.717) is 10.6 Å². The third-order valence-electron chi connectivity index (χ3n) is 2.93. The van der Waals surface area contributed by atoms with Crippen molar-refractivity contribution in [1.82, 2.24) is 4.31 Å². The highest BCUT2D eigenvalue weighted by atomic mass is 35.5. The van der Waals surface area contributed by atoms with Crippen LogP contribution < -0.4 is 0 Å². The molecule has 8 heteroatoms. The quantitative estimate of drug-likeness (QED) is 0.918. The van der Waals surface area contributed by atoms with Gasteiger partial charge in [-0.25, -0.2) is 8.42 Å². The number of aliphatic carboxylic acids is 1. The Morgan fingerprint density at radius 2 is 2.21 bits per heavy atom. The van der Waals surface area contributed by atoms with Crippen molar-refractivity contribution in [3.05, 3.63) is 28.8 Å². The molecule has 1 aromatic rings. The van der Waals surface area contributed by atoms with Crippen LogP contribution in [0.4, 0.5) is 0 Å². The molecule has 0 aliphatic carbocycles. The molecule has 1 N–H and O–H groups in total. The number of carboxylic acid groups (broad SMARTS) is 1. The van der Waals surface area contributed by atoms with Crippen molar-refractivity contribution < 1.29 is 18.3 Å². The number of benzene rings is 1. The Morgan fingerprint density at radius 1 is 1.53 bits per heavy atom. The van der Waals surface area contributed by atoms with Crippen LogP contribution in [0.5, 0.6) is 0 Å². The van der Waals surface area contributed by atoms with Crippen molar-refractivity contribution in [3.63, 3.8) is 0 Å². The fourth-order valence-electron chi connectivity index (χ4n) is 1.85. The maximum Gasteiger partial charge on any atom is 0.322 e. The SMILES string of the molecule is Cc1c(Cl)cccc1S(=O)(=O)N1CSCC1C(=O)O. The Balaban J connectivity index is 2.48. The van der Waals surface area contributed by atoms with Crippen molar-refractivity contribution >= 4 is 39.4 Å². The summed E-state index contributed by atoms with van der Waals surface area (Å²) in [6, 6.07) is 3.57. The number of nitrogens with zero attached hydrogens (tertiary/aromatic N) is 1. The van der Waals surface area contributed by atoms with E-state index in [-0.39, 0.29) is 16.5 Å². The number of halogens is 1. The summed E-state index contributed by atoms with van der Waals surface area (Å²) in [5, 5.41) is 9.42. The first-order chi connectivity index (χ1) is 8.85. The molecule has 19 heavy (non-hydrogen) atoms. The zero-order valence-corrected chi connectivity index (χ0v) is 12.4. The molecule has 1 aromatic carbocycles. The lowest BCUT2D eigenvalue weighted by Gasteiger charge is -2.21. The molecule has 104 valence electrons. The predicted octanol–water partition coefficient (Wildman–Crippen LogP) is 1.80. The van der Waals surface area contributed by atoms with E-state index in [2.05, 4.69) is 0 Å². The predicted molar refractivity (Wildman–Crippen MR) is 74.0 cm³/mol. The van der Waals surface area contributed by atoms with Crippen LogP contribution in [-0.4, -0.2) is 41.5 Å². The van der Waals surface area contributed by atoms with Crippen LogP contribution in [0.1, 0.15) is 5.56 Å². The number of sulfonamides is 1. The molecule has 5 nitrogen and oxygen atoms in total. The number of thioether (sulfide) groups is 1. The second-order valence-electron chi connectivity index (χ2n) is 4.11. The van der Waals surface area contributed by atoms with E-state index in [1.165, 1.54) is 17.8 Å². The van der Waals surface area contributed by atoms with Crippen LogP contribution in [0.15, 0.2) is 23.1 Å². The molecular weight excluding hydrogens is 310 g/mol. The molecule has 0 amide bonds. The first-order valence-electron chi connectivity index (χ1n) is 5.43. The molecule has 0 bridgehead atoms. The van der Waals surface area contributed by atoms with Gasteiger partial charge in [-0.15, -0.1) is 11.8 Å². The van der Waals surface area contributed by atoms with Gasteiger partial charge in [-0.05, 0) is 24.6 Å². The minimum Gasteiger partial charge on any atom is -0.480 e. The minimum absolute atomic E-state index is 0.0637. The Bertz CT molecular complexity index is 617. The Kier molecular flexibility index (Phi) is 4.10. The Morgan fingerprint density at radius 3 is 2.84 bits per heavy atom. The summed E-state index contributed by atoms with van der Waals surface area (Å²) in [6.07, 6.45) is 0. The summed E-state index contributed by atoms with van der Waals surface area (Å²) < 4.78 is 26.0. The van der Waals surface area contributed by atoms with Gasteiger partial charge in [0, 0.05) is 10.8 Å². The second-order valence-corrected chi connectivity index (χ2v) is 7.38. The van der Waals surface area contributed by atoms with Crippen molar-refractivity contribution in [1.29, 1.82) is 0 Å². The van der Waals surface area contributed by atoms with Gasteiger partial charge < -0.3 is 5.11 Å². The summed E-state index contributed by atoms with van der Waals surface area (Å²) in [4.78, 5) is 11.2. The van der Waals surface area contributed by atoms with E-state index in [1.54, 1.807) is 19.1 Å². The highest BCUT2D eigenvalue weighted by molar-refractivity contribution is 8.00. The van der Waals surface area contributed by atoms with Crippen LogP contribution in [0.3, 0.4) is 0 Å². The highest BCUT2D eigenvalue weighted by Gasteiger charge is 2.40. The van der Waals surface area contributed by atoms with E-state index in [1.807, 2.05) is 0 Å². The molecule has 1 atom stereocenters. The molecule has 1 fully saturated rings. The molecule has 1 aliphatic rings.